The van der Waals surface area contributed by atoms with Crippen molar-refractivity contribution in [2.75, 3.05) is 5.32 Å². The number of pyridine rings is 1. The number of para-hydroxylation sites is 1. The first-order chi connectivity index (χ1) is 9.66. The fourth-order valence-electron chi connectivity index (χ4n) is 1.98. The van der Waals surface area contributed by atoms with E-state index in [2.05, 4.69) is 10.3 Å². The van der Waals surface area contributed by atoms with Gasteiger partial charge in [-0.1, -0.05) is 24.3 Å². The minimum absolute atomic E-state index is 0.0799. The van der Waals surface area contributed by atoms with E-state index in [4.69, 9.17) is 0 Å². The van der Waals surface area contributed by atoms with E-state index in [1.807, 2.05) is 30.3 Å². The minimum Gasteiger partial charge on any atom is -0.389 e. The van der Waals surface area contributed by atoms with Gasteiger partial charge in [0, 0.05) is 29.6 Å². The first-order valence-electron chi connectivity index (χ1n) is 6.63. The van der Waals surface area contributed by atoms with Crippen molar-refractivity contribution in [3.8, 4) is 0 Å². The number of hydrogen-bond donors (Lipinski definition) is 2. The maximum atomic E-state index is 11.9. The number of nitrogens with one attached hydrogen (secondary N) is 1. The minimum atomic E-state index is -0.609. The van der Waals surface area contributed by atoms with E-state index in [1.165, 1.54) is 0 Å². The topological polar surface area (TPSA) is 62.2 Å². The highest BCUT2D eigenvalue weighted by atomic mass is 16.3. The molecule has 0 fully saturated rings. The lowest BCUT2D eigenvalue weighted by molar-refractivity contribution is -0.116. The second kappa shape index (κ2) is 6.82. The van der Waals surface area contributed by atoms with E-state index < -0.39 is 6.10 Å². The molecule has 0 aliphatic rings. The van der Waals surface area contributed by atoms with Gasteiger partial charge in [-0.25, -0.2) is 0 Å². The zero-order valence-electron chi connectivity index (χ0n) is 11.4. The van der Waals surface area contributed by atoms with Crippen molar-refractivity contribution in [2.45, 2.75) is 25.9 Å². The molecule has 0 saturated carbocycles. The average molecular weight is 270 g/mol. The quantitative estimate of drug-likeness (QED) is 0.878. The summed E-state index contributed by atoms with van der Waals surface area (Å²) in [5, 5.41) is 12.5. The summed E-state index contributed by atoms with van der Waals surface area (Å²) in [7, 11) is 0. The highest BCUT2D eigenvalue weighted by molar-refractivity contribution is 5.91. The number of hydrogen-bond acceptors (Lipinski definition) is 3. The van der Waals surface area contributed by atoms with Crippen LogP contribution in [-0.2, 0) is 11.2 Å². The van der Waals surface area contributed by atoms with Crippen LogP contribution in [0.2, 0.25) is 0 Å². The average Bonchev–Trinajstić information content (AvgIpc) is 2.46. The van der Waals surface area contributed by atoms with E-state index in [9.17, 15) is 9.90 Å². The molecule has 20 heavy (non-hydrogen) atoms. The number of carbonyl (C=O) groups is 1. The lowest BCUT2D eigenvalue weighted by Gasteiger charge is -2.12. The predicted octanol–water partition coefficient (Wildman–Crippen LogP) is 2.71. The summed E-state index contributed by atoms with van der Waals surface area (Å²) < 4.78 is 0. The van der Waals surface area contributed by atoms with Gasteiger partial charge in [0.2, 0.25) is 5.91 Å². The third-order valence-corrected chi connectivity index (χ3v) is 3.02. The Labute approximate surface area is 118 Å². The molecule has 0 radical (unpaired) electrons. The van der Waals surface area contributed by atoms with Crippen LogP contribution in [0.3, 0.4) is 0 Å². The van der Waals surface area contributed by atoms with Crippen molar-refractivity contribution in [1.29, 1.82) is 0 Å². The van der Waals surface area contributed by atoms with Crippen molar-refractivity contribution < 1.29 is 9.90 Å². The van der Waals surface area contributed by atoms with Gasteiger partial charge in [-0.2, -0.15) is 0 Å². The van der Waals surface area contributed by atoms with Crippen LogP contribution < -0.4 is 5.32 Å². The molecule has 1 atom stereocenters. The van der Waals surface area contributed by atoms with Crippen molar-refractivity contribution in [3.63, 3.8) is 0 Å². The molecule has 2 rings (SSSR count). The lowest BCUT2D eigenvalue weighted by atomic mass is 10.1. The molecule has 1 aromatic carbocycles. The summed E-state index contributed by atoms with van der Waals surface area (Å²) in [4.78, 5) is 16.1. The molecule has 2 N–H and O–H groups in total. The number of anilines is 1. The predicted molar refractivity (Wildman–Crippen MR) is 78.3 cm³/mol. The Bertz CT molecular complexity index is 568. The van der Waals surface area contributed by atoms with E-state index in [1.54, 1.807) is 25.3 Å². The van der Waals surface area contributed by atoms with Crippen molar-refractivity contribution in [3.05, 3.63) is 59.9 Å². The number of benzene rings is 1. The smallest absolute Gasteiger partial charge is 0.224 e. The molecule has 0 aliphatic carbocycles. The highest BCUT2D eigenvalue weighted by Gasteiger charge is 2.10. The summed E-state index contributed by atoms with van der Waals surface area (Å²) >= 11 is 0. The Morgan fingerprint density at radius 1 is 1.25 bits per heavy atom. The van der Waals surface area contributed by atoms with Crippen molar-refractivity contribution in [2.24, 2.45) is 0 Å². The largest absolute Gasteiger partial charge is 0.389 e. The second-order valence-electron chi connectivity index (χ2n) is 4.63. The number of aliphatic hydroxyl groups is 1. The maximum Gasteiger partial charge on any atom is 0.224 e. The van der Waals surface area contributed by atoms with Crippen molar-refractivity contribution in [1.82, 2.24) is 4.98 Å². The maximum absolute atomic E-state index is 11.9. The fourth-order valence-corrected chi connectivity index (χ4v) is 1.98. The Morgan fingerprint density at radius 2 is 2.00 bits per heavy atom. The molecule has 1 aromatic heterocycles. The Hall–Kier alpha value is -2.20. The Kier molecular flexibility index (Phi) is 4.85. The molecular formula is C16H18N2O2. The fraction of sp³-hybridized carbons (Fsp3) is 0.250. The van der Waals surface area contributed by atoms with Gasteiger partial charge in [0.25, 0.3) is 0 Å². The zero-order valence-corrected chi connectivity index (χ0v) is 11.4. The van der Waals surface area contributed by atoms with Gasteiger partial charge in [0.15, 0.2) is 0 Å². The third-order valence-electron chi connectivity index (χ3n) is 3.02. The van der Waals surface area contributed by atoms with E-state index in [0.29, 0.717) is 18.5 Å². The molecule has 0 saturated heterocycles. The van der Waals surface area contributed by atoms with Gasteiger partial charge in [-0.3, -0.25) is 9.78 Å². The van der Waals surface area contributed by atoms with Gasteiger partial charge >= 0.3 is 0 Å². The van der Waals surface area contributed by atoms with Crippen LogP contribution in [0.15, 0.2) is 48.7 Å². The van der Waals surface area contributed by atoms with Crippen LogP contribution in [0.25, 0.3) is 0 Å². The van der Waals surface area contributed by atoms with Crippen LogP contribution in [0, 0.1) is 0 Å². The van der Waals surface area contributed by atoms with Crippen molar-refractivity contribution >= 4 is 11.6 Å². The number of carbonyl (C=O) groups excluding carboxylic acids is 1. The number of amides is 1. The normalized spacial score (nSPS) is 11.9. The van der Waals surface area contributed by atoms with Gasteiger partial charge in [0.05, 0.1) is 6.10 Å². The molecular weight excluding hydrogens is 252 g/mol. The number of nitrogens with zero attached hydrogens (tertiary/aromatic N) is 1. The van der Waals surface area contributed by atoms with Crippen LogP contribution >= 0.6 is 0 Å². The Balaban J connectivity index is 1.95. The van der Waals surface area contributed by atoms with Gasteiger partial charge in [-0.05, 0) is 31.5 Å². The second-order valence-corrected chi connectivity index (χ2v) is 4.63. The lowest BCUT2D eigenvalue weighted by Crippen LogP contribution is -2.14. The first-order valence-corrected chi connectivity index (χ1v) is 6.63. The van der Waals surface area contributed by atoms with Gasteiger partial charge in [-0.15, -0.1) is 0 Å². The standard InChI is InChI=1S/C16H18N2O2/c1-12(19)14-7-2-3-8-15(14)18-16(20)10-9-13-6-4-5-11-17-13/h2-8,11-12,19H,9-10H2,1H3,(H,18,20). The van der Waals surface area contributed by atoms with E-state index in [-0.39, 0.29) is 5.91 Å². The summed E-state index contributed by atoms with van der Waals surface area (Å²) in [6.45, 7) is 1.68. The number of aromatic nitrogens is 1. The Morgan fingerprint density at radius 3 is 2.70 bits per heavy atom. The SMILES string of the molecule is CC(O)c1ccccc1NC(=O)CCc1ccccn1. The van der Waals surface area contributed by atoms with Crippen LogP contribution in [0.4, 0.5) is 5.69 Å². The molecule has 0 aliphatic heterocycles. The van der Waals surface area contributed by atoms with Crippen LogP contribution in [-0.4, -0.2) is 16.0 Å². The molecule has 0 bridgehead atoms. The molecule has 4 heteroatoms. The van der Waals surface area contributed by atoms with E-state index >= 15 is 0 Å². The first kappa shape index (κ1) is 14.2. The number of aryl methyl sites for hydroxylation is 1. The van der Waals surface area contributed by atoms with Gasteiger partial charge in [0.1, 0.15) is 0 Å². The zero-order chi connectivity index (χ0) is 14.4. The molecule has 1 heterocycles. The van der Waals surface area contributed by atoms with Crippen LogP contribution in [0.1, 0.15) is 30.7 Å². The molecule has 1 unspecified atom stereocenters. The number of rotatable bonds is 5. The molecule has 104 valence electrons. The number of aliphatic hydroxyl groups excluding tert-OH is 1. The summed E-state index contributed by atoms with van der Waals surface area (Å²) in [5.41, 5.74) is 2.28. The summed E-state index contributed by atoms with van der Waals surface area (Å²) in [6.07, 6.45) is 2.08. The molecule has 2 aromatic rings. The van der Waals surface area contributed by atoms with E-state index in [0.717, 1.165) is 11.3 Å². The molecule has 4 nitrogen and oxygen atoms in total. The highest BCUT2D eigenvalue weighted by Crippen LogP contribution is 2.22. The summed E-state index contributed by atoms with van der Waals surface area (Å²) in [5.74, 6) is -0.0799. The third kappa shape index (κ3) is 3.90. The summed E-state index contributed by atoms with van der Waals surface area (Å²) in [6, 6.07) is 12.9. The molecule has 1 amide bonds. The monoisotopic (exact) mass is 270 g/mol. The van der Waals surface area contributed by atoms with Gasteiger partial charge < -0.3 is 10.4 Å². The molecule has 0 spiro atoms. The van der Waals surface area contributed by atoms with Crippen LogP contribution in [0.5, 0.6) is 0 Å².